The van der Waals surface area contributed by atoms with E-state index in [9.17, 15) is 23.2 Å². The van der Waals surface area contributed by atoms with Crippen LogP contribution in [0.3, 0.4) is 0 Å². The van der Waals surface area contributed by atoms with Crippen molar-refractivity contribution in [2.45, 2.75) is 30.1 Å². The molecule has 0 aliphatic heterocycles. The smallest absolute Gasteiger partial charge is 0.294 e. The Kier molecular flexibility index (Phi) is 6.72. The lowest BCUT2D eigenvalue weighted by atomic mass is 9.81. The predicted octanol–water partition coefficient (Wildman–Crippen LogP) is 6.34. The molecule has 0 saturated heterocycles. The van der Waals surface area contributed by atoms with Gasteiger partial charge in [-0.2, -0.15) is 8.42 Å². The lowest BCUT2D eigenvalue weighted by molar-refractivity contribution is 0.467. The monoisotopic (exact) mass is 474 g/mol. The van der Waals surface area contributed by atoms with Crippen molar-refractivity contribution in [2.75, 3.05) is 0 Å². The lowest BCUT2D eigenvalue weighted by Gasteiger charge is -2.23. The lowest BCUT2D eigenvalue weighted by Crippen LogP contribution is -2.07. The zero-order valence-electron chi connectivity index (χ0n) is 18.7. The van der Waals surface area contributed by atoms with Gasteiger partial charge < -0.3 is 10.2 Å². The fourth-order valence-corrected chi connectivity index (χ4v) is 4.81. The van der Waals surface area contributed by atoms with Crippen molar-refractivity contribution < 1.29 is 23.2 Å². The quantitative estimate of drug-likeness (QED) is 0.272. The fraction of sp³-hybridized carbons (Fsp3) is 0.143. The van der Waals surface area contributed by atoms with E-state index in [1.165, 1.54) is 11.6 Å². The Morgan fingerprint density at radius 3 is 1.79 bits per heavy atom. The Balaban J connectivity index is 1.81. The Bertz CT molecular complexity index is 1380. The van der Waals surface area contributed by atoms with Crippen LogP contribution in [0.15, 0.2) is 102 Å². The number of phenols is 2. The van der Waals surface area contributed by atoms with E-state index in [1.807, 2.05) is 42.5 Å². The largest absolute Gasteiger partial charge is 0.507 e. The topological polar surface area (TPSA) is 94.8 Å². The molecule has 0 heterocycles. The van der Waals surface area contributed by atoms with Crippen LogP contribution in [0.1, 0.15) is 41.9 Å². The molecule has 0 aliphatic rings. The second-order valence-electron chi connectivity index (χ2n) is 8.44. The second-order valence-corrected chi connectivity index (χ2v) is 9.86. The molecule has 0 radical (unpaired) electrons. The van der Waals surface area contributed by atoms with Crippen LogP contribution in [0.4, 0.5) is 0 Å². The third-order valence-corrected chi connectivity index (χ3v) is 6.99. The third kappa shape index (κ3) is 5.14. The van der Waals surface area contributed by atoms with E-state index in [1.54, 1.807) is 12.1 Å². The third-order valence-electron chi connectivity index (χ3n) is 6.14. The maximum Gasteiger partial charge on any atom is 0.294 e. The van der Waals surface area contributed by atoms with Crippen LogP contribution in [0.2, 0.25) is 0 Å². The summed E-state index contributed by atoms with van der Waals surface area (Å²) in [6.07, 6.45) is 0.801. The summed E-state index contributed by atoms with van der Waals surface area (Å²) in [5, 5.41) is 21.0. The maximum absolute atomic E-state index is 11.6. The molecule has 2 unspecified atom stereocenters. The summed E-state index contributed by atoms with van der Waals surface area (Å²) in [6.45, 7) is 2.17. The Morgan fingerprint density at radius 2 is 1.21 bits per heavy atom. The zero-order valence-corrected chi connectivity index (χ0v) is 19.5. The average molecular weight is 475 g/mol. The average Bonchev–Trinajstić information content (AvgIpc) is 2.84. The van der Waals surface area contributed by atoms with Crippen molar-refractivity contribution in [1.82, 2.24) is 0 Å². The zero-order chi connectivity index (χ0) is 24.3. The van der Waals surface area contributed by atoms with Crippen molar-refractivity contribution in [2.24, 2.45) is 0 Å². The fourth-order valence-electron chi connectivity index (χ4n) is 4.30. The number of hydrogen-bond acceptors (Lipinski definition) is 4. The normalized spacial score (nSPS) is 13.4. The molecule has 4 rings (SSSR count). The summed E-state index contributed by atoms with van der Waals surface area (Å²) < 4.78 is 32.7. The van der Waals surface area contributed by atoms with Gasteiger partial charge in [0, 0.05) is 17.0 Å². The van der Waals surface area contributed by atoms with Crippen LogP contribution in [0.5, 0.6) is 11.5 Å². The van der Waals surface area contributed by atoms with Crippen LogP contribution in [-0.2, 0) is 10.1 Å². The molecule has 2 atom stereocenters. The minimum atomic E-state index is -4.47. The second kappa shape index (κ2) is 9.71. The van der Waals surface area contributed by atoms with Crippen LogP contribution >= 0.6 is 0 Å². The molecule has 34 heavy (non-hydrogen) atoms. The first kappa shape index (κ1) is 23.5. The summed E-state index contributed by atoms with van der Waals surface area (Å²) in [4.78, 5) is -0.359. The van der Waals surface area contributed by atoms with Gasteiger partial charge in [-0.3, -0.25) is 4.55 Å². The molecule has 6 heteroatoms. The Hall–Kier alpha value is -3.61. The SMILES string of the molecule is CC(CC(c1ccccc1)c1ccc(O)c(-c2cc(S(=O)(=O)O)ccc2O)c1)c1ccccc1. The van der Waals surface area contributed by atoms with Gasteiger partial charge in [0.1, 0.15) is 11.5 Å². The molecule has 3 N–H and O–H groups in total. The number of hydrogen-bond donors (Lipinski definition) is 3. The molecule has 0 saturated carbocycles. The first-order valence-corrected chi connectivity index (χ1v) is 12.4. The first-order valence-electron chi connectivity index (χ1n) is 11.0. The van der Waals surface area contributed by atoms with Crippen molar-refractivity contribution in [1.29, 1.82) is 0 Å². The first-order chi connectivity index (χ1) is 16.2. The standard InChI is InChI=1S/C28H26O5S/c1-19(20-8-4-2-5-9-20)16-24(21-10-6-3-7-11-21)22-12-14-27(29)25(17-22)26-18-23(34(31,32)33)13-15-28(26)30/h2-15,17-19,24,29-30H,16H2,1H3,(H,31,32,33). The van der Waals surface area contributed by atoms with Gasteiger partial charge in [0.05, 0.1) is 4.90 Å². The van der Waals surface area contributed by atoms with E-state index in [-0.39, 0.29) is 39.4 Å². The highest BCUT2D eigenvalue weighted by molar-refractivity contribution is 7.85. The van der Waals surface area contributed by atoms with Crippen molar-refractivity contribution in [3.8, 4) is 22.6 Å². The van der Waals surface area contributed by atoms with Crippen molar-refractivity contribution in [3.05, 3.63) is 114 Å². The molecule has 0 amide bonds. The van der Waals surface area contributed by atoms with Gasteiger partial charge in [-0.05, 0) is 59.4 Å². The molecule has 4 aromatic rings. The van der Waals surface area contributed by atoms with Crippen LogP contribution in [0.25, 0.3) is 11.1 Å². The van der Waals surface area contributed by atoms with Crippen LogP contribution < -0.4 is 0 Å². The molecule has 0 fully saturated rings. The van der Waals surface area contributed by atoms with Gasteiger partial charge in [0.15, 0.2) is 0 Å². The van der Waals surface area contributed by atoms with E-state index in [4.69, 9.17) is 0 Å². The van der Waals surface area contributed by atoms with Crippen molar-refractivity contribution >= 4 is 10.1 Å². The molecule has 0 aromatic heterocycles. The molecule has 0 aliphatic carbocycles. The highest BCUT2D eigenvalue weighted by atomic mass is 32.2. The van der Waals surface area contributed by atoms with Crippen molar-refractivity contribution in [3.63, 3.8) is 0 Å². The minimum absolute atomic E-state index is 0.0114. The summed E-state index contributed by atoms with van der Waals surface area (Å²) in [7, 11) is -4.47. The van der Waals surface area contributed by atoms with Gasteiger partial charge in [0.25, 0.3) is 10.1 Å². The van der Waals surface area contributed by atoms with Gasteiger partial charge in [-0.1, -0.05) is 73.7 Å². The van der Waals surface area contributed by atoms with E-state index < -0.39 is 10.1 Å². The predicted molar refractivity (Wildman–Crippen MR) is 133 cm³/mol. The van der Waals surface area contributed by atoms with Crippen LogP contribution in [0, 0.1) is 0 Å². The Labute approximate surface area is 199 Å². The number of benzene rings is 4. The van der Waals surface area contributed by atoms with E-state index in [0.717, 1.165) is 29.7 Å². The molecule has 5 nitrogen and oxygen atoms in total. The molecular formula is C28H26O5S. The minimum Gasteiger partial charge on any atom is -0.507 e. The van der Waals surface area contributed by atoms with Gasteiger partial charge >= 0.3 is 0 Å². The summed E-state index contributed by atoms with van der Waals surface area (Å²) >= 11 is 0. The molecule has 0 spiro atoms. The van der Waals surface area contributed by atoms with Gasteiger partial charge in [0.2, 0.25) is 0 Å². The summed E-state index contributed by atoms with van der Waals surface area (Å²) in [5.74, 6) is -0.0641. The highest BCUT2D eigenvalue weighted by Gasteiger charge is 2.22. The molecule has 174 valence electrons. The van der Waals surface area contributed by atoms with E-state index in [0.29, 0.717) is 0 Å². The summed E-state index contributed by atoms with van der Waals surface area (Å²) in [6, 6.07) is 28.9. The van der Waals surface area contributed by atoms with E-state index >= 15 is 0 Å². The number of aromatic hydroxyl groups is 2. The molecule has 4 aromatic carbocycles. The Morgan fingerprint density at radius 1 is 0.676 bits per heavy atom. The van der Waals surface area contributed by atoms with Crippen LogP contribution in [-0.4, -0.2) is 23.2 Å². The van der Waals surface area contributed by atoms with Gasteiger partial charge in [-0.15, -0.1) is 0 Å². The summed E-state index contributed by atoms with van der Waals surface area (Å²) in [5.41, 5.74) is 3.66. The highest BCUT2D eigenvalue weighted by Crippen LogP contribution is 2.41. The van der Waals surface area contributed by atoms with E-state index in [2.05, 4.69) is 31.2 Å². The molecular weight excluding hydrogens is 448 g/mol. The number of phenolic OH excluding ortho intramolecular Hbond substituents is 2. The number of rotatable bonds is 7. The maximum atomic E-state index is 11.6. The molecule has 0 bridgehead atoms. The van der Waals surface area contributed by atoms with Gasteiger partial charge in [-0.25, -0.2) is 0 Å².